The van der Waals surface area contributed by atoms with E-state index in [1.54, 1.807) is 30.3 Å². The third kappa shape index (κ3) is 6.99. The summed E-state index contributed by atoms with van der Waals surface area (Å²) in [5, 5.41) is 2.05. The predicted octanol–water partition coefficient (Wildman–Crippen LogP) is 7.60. The molecule has 0 aliphatic rings. The van der Waals surface area contributed by atoms with Crippen LogP contribution in [-0.4, -0.2) is 38.3 Å². The SMILES string of the molecule is CC(C)(C)[Si](C)(C)OC[C@@H](F)[C@](NC(=S)CC(=O)c1ccccc1)(c1cc(Br)ccc1F)C(F)F. The molecule has 2 aromatic carbocycles. The number of thiocarbonyl (C=S) groups is 1. The second kappa shape index (κ2) is 11.6. The largest absolute Gasteiger partial charge is 0.414 e. The van der Waals surface area contributed by atoms with Crippen molar-refractivity contribution in [3.05, 3.63) is 69.9 Å². The van der Waals surface area contributed by atoms with Crippen molar-refractivity contribution in [1.29, 1.82) is 0 Å². The fourth-order valence-corrected chi connectivity index (χ4v) is 4.87. The molecule has 2 rings (SSSR count). The van der Waals surface area contributed by atoms with Crippen LogP contribution in [0.5, 0.6) is 0 Å². The molecule has 0 aromatic heterocycles. The summed E-state index contributed by atoms with van der Waals surface area (Å²) in [7, 11) is -2.52. The Morgan fingerprint density at radius 3 is 2.26 bits per heavy atom. The number of nitrogens with one attached hydrogen (secondary N) is 1. The number of Topliss-reactive ketones (excluding diaryl/α,β-unsaturated/α-hetero) is 1. The van der Waals surface area contributed by atoms with Gasteiger partial charge in [0.25, 0.3) is 6.43 Å². The lowest BCUT2D eigenvalue weighted by atomic mass is 9.84. The van der Waals surface area contributed by atoms with Crippen molar-refractivity contribution in [3.8, 4) is 0 Å². The minimum absolute atomic E-state index is 0.282. The molecule has 0 bridgehead atoms. The van der Waals surface area contributed by atoms with Crippen molar-refractivity contribution in [2.24, 2.45) is 0 Å². The van der Waals surface area contributed by atoms with Crippen LogP contribution >= 0.6 is 28.1 Å². The monoisotopic (exact) mass is 591 g/mol. The molecule has 0 radical (unpaired) electrons. The fraction of sp³-hybridized carbons (Fsp3) is 0.440. The summed E-state index contributed by atoms with van der Waals surface area (Å²) < 4.78 is 66.6. The summed E-state index contributed by atoms with van der Waals surface area (Å²) in [6.45, 7) is 8.82. The third-order valence-electron chi connectivity index (χ3n) is 6.37. The fourth-order valence-electron chi connectivity index (χ4n) is 3.21. The summed E-state index contributed by atoms with van der Waals surface area (Å²) >= 11 is 8.36. The summed E-state index contributed by atoms with van der Waals surface area (Å²) in [6, 6.07) is 11.5. The average molecular weight is 593 g/mol. The lowest BCUT2D eigenvalue weighted by Gasteiger charge is -2.41. The van der Waals surface area contributed by atoms with E-state index in [1.165, 1.54) is 6.07 Å². The molecule has 35 heavy (non-hydrogen) atoms. The van der Waals surface area contributed by atoms with Gasteiger partial charge in [0.05, 0.1) is 18.0 Å². The van der Waals surface area contributed by atoms with Gasteiger partial charge in [-0.2, -0.15) is 0 Å². The maximum Gasteiger partial charge on any atom is 0.268 e. The predicted molar refractivity (Wildman–Crippen MR) is 141 cm³/mol. The molecular weight excluding hydrogens is 562 g/mol. The Balaban J connectivity index is 2.47. The molecule has 3 nitrogen and oxygen atoms in total. The van der Waals surface area contributed by atoms with Crippen LogP contribution in [0.25, 0.3) is 0 Å². The highest BCUT2D eigenvalue weighted by Crippen LogP contribution is 2.40. The summed E-state index contributed by atoms with van der Waals surface area (Å²) in [5.74, 6) is -1.47. The number of carbonyl (C=O) groups is 1. The number of halogens is 5. The zero-order chi connectivity index (χ0) is 26.6. The van der Waals surface area contributed by atoms with Crippen molar-refractivity contribution in [2.75, 3.05) is 6.61 Å². The zero-order valence-electron chi connectivity index (χ0n) is 20.3. The normalized spacial score (nSPS) is 14.9. The van der Waals surface area contributed by atoms with E-state index in [0.29, 0.717) is 5.56 Å². The van der Waals surface area contributed by atoms with Crippen molar-refractivity contribution < 1.29 is 26.8 Å². The Labute approximate surface area is 218 Å². The Bertz CT molecular complexity index is 1050. The van der Waals surface area contributed by atoms with E-state index < -0.39 is 56.6 Å². The van der Waals surface area contributed by atoms with Gasteiger partial charge in [-0.1, -0.05) is 79.3 Å². The number of hydrogen-bond acceptors (Lipinski definition) is 3. The van der Waals surface area contributed by atoms with Crippen LogP contribution in [0.3, 0.4) is 0 Å². The molecule has 2 atom stereocenters. The van der Waals surface area contributed by atoms with Crippen LogP contribution in [-0.2, 0) is 9.96 Å². The lowest BCUT2D eigenvalue weighted by molar-refractivity contribution is -0.0303. The first kappa shape index (κ1) is 29.6. The molecule has 1 N–H and O–H groups in total. The lowest BCUT2D eigenvalue weighted by Crippen LogP contribution is -2.60. The van der Waals surface area contributed by atoms with Crippen LogP contribution in [0, 0.1) is 5.82 Å². The molecule has 0 heterocycles. The van der Waals surface area contributed by atoms with Gasteiger partial charge in [-0.3, -0.25) is 4.79 Å². The van der Waals surface area contributed by atoms with Gasteiger partial charge < -0.3 is 9.74 Å². The molecule has 192 valence electrons. The van der Waals surface area contributed by atoms with Gasteiger partial charge >= 0.3 is 0 Å². The standard InChI is InChI=1S/C25H30BrF4NO2SSi/c1-24(2,3)35(4,5)33-15-21(28)25(23(29)30,18-13-17(26)11-12-19(18)27)31-22(34)14-20(32)16-9-7-6-8-10-16/h6-13,21,23H,14-15H2,1-5H3,(H,31,34)/t21-,25-/m1/s1. The third-order valence-corrected chi connectivity index (χ3v) is 11.6. The van der Waals surface area contributed by atoms with Gasteiger partial charge in [0, 0.05) is 15.6 Å². The Morgan fingerprint density at radius 1 is 1.11 bits per heavy atom. The maximum atomic E-state index is 15.9. The van der Waals surface area contributed by atoms with Crippen LogP contribution in [0.15, 0.2) is 53.0 Å². The molecule has 10 heteroatoms. The second-order valence-electron chi connectivity index (χ2n) is 9.85. The Morgan fingerprint density at radius 2 is 1.71 bits per heavy atom. The van der Waals surface area contributed by atoms with E-state index in [2.05, 4.69) is 21.2 Å². The van der Waals surface area contributed by atoms with Crippen LogP contribution < -0.4 is 5.32 Å². The quantitative estimate of drug-likeness (QED) is 0.134. The summed E-state index contributed by atoms with van der Waals surface area (Å²) in [5.41, 5.74) is -3.15. The summed E-state index contributed by atoms with van der Waals surface area (Å²) in [6.07, 6.45) is -6.25. The van der Waals surface area contributed by atoms with Crippen LogP contribution in [0.2, 0.25) is 18.1 Å². The van der Waals surface area contributed by atoms with E-state index in [-0.39, 0.29) is 14.5 Å². The Kier molecular flexibility index (Phi) is 9.83. The highest BCUT2D eigenvalue weighted by Gasteiger charge is 2.53. The van der Waals surface area contributed by atoms with Gasteiger partial charge in [0.15, 0.2) is 25.8 Å². The molecule has 0 unspecified atom stereocenters. The topological polar surface area (TPSA) is 38.3 Å². The van der Waals surface area contributed by atoms with Gasteiger partial charge in [-0.05, 0) is 36.3 Å². The molecule has 0 saturated carbocycles. The van der Waals surface area contributed by atoms with E-state index in [0.717, 1.165) is 12.1 Å². The molecule has 2 aromatic rings. The maximum absolute atomic E-state index is 15.9. The molecule has 0 amide bonds. The Hall–Kier alpha value is -1.62. The zero-order valence-corrected chi connectivity index (χ0v) is 23.7. The molecule has 0 fully saturated rings. The molecule has 0 aliphatic carbocycles. The summed E-state index contributed by atoms with van der Waals surface area (Å²) in [4.78, 5) is 12.3. The first-order chi connectivity index (χ1) is 16.1. The average Bonchev–Trinajstić information content (AvgIpc) is 2.77. The van der Waals surface area contributed by atoms with E-state index in [4.69, 9.17) is 16.6 Å². The number of benzene rings is 2. The first-order valence-electron chi connectivity index (χ1n) is 11.0. The minimum atomic E-state index is -3.42. The minimum Gasteiger partial charge on any atom is -0.414 e. The van der Waals surface area contributed by atoms with Crippen molar-refractivity contribution in [2.45, 2.75) is 63.5 Å². The van der Waals surface area contributed by atoms with Gasteiger partial charge in [0.2, 0.25) is 0 Å². The number of ketones is 1. The van der Waals surface area contributed by atoms with E-state index in [9.17, 15) is 18.0 Å². The van der Waals surface area contributed by atoms with Crippen molar-refractivity contribution >= 4 is 47.2 Å². The number of rotatable bonds is 10. The highest BCUT2D eigenvalue weighted by atomic mass is 79.9. The number of carbonyl (C=O) groups excluding carboxylic acids is 1. The van der Waals surface area contributed by atoms with Gasteiger partial charge in [-0.15, -0.1) is 0 Å². The van der Waals surface area contributed by atoms with Crippen molar-refractivity contribution in [1.82, 2.24) is 5.32 Å². The van der Waals surface area contributed by atoms with E-state index >= 15 is 4.39 Å². The molecule has 0 saturated heterocycles. The molecule has 0 aliphatic heterocycles. The number of hydrogen-bond donors (Lipinski definition) is 1. The number of alkyl halides is 3. The van der Waals surface area contributed by atoms with Crippen LogP contribution in [0.1, 0.15) is 43.1 Å². The van der Waals surface area contributed by atoms with Crippen molar-refractivity contribution in [3.63, 3.8) is 0 Å². The smallest absolute Gasteiger partial charge is 0.268 e. The second-order valence-corrected chi connectivity index (χ2v) is 16.1. The van der Waals surface area contributed by atoms with Crippen LogP contribution in [0.4, 0.5) is 17.6 Å². The molecular formula is C25H30BrF4NO2SSi. The molecule has 0 spiro atoms. The highest BCUT2D eigenvalue weighted by molar-refractivity contribution is 9.10. The van der Waals surface area contributed by atoms with E-state index in [1.807, 2.05) is 33.9 Å². The first-order valence-corrected chi connectivity index (χ1v) is 15.1. The van der Waals surface area contributed by atoms with Gasteiger partial charge in [0.1, 0.15) is 5.82 Å². The van der Waals surface area contributed by atoms with Gasteiger partial charge in [-0.25, -0.2) is 17.6 Å².